The van der Waals surface area contributed by atoms with Gasteiger partial charge in [0.05, 0.1) is 6.61 Å². The number of aromatic nitrogens is 1. The predicted molar refractivity (Wildman–Crippen MR) is 82.9 cm³/mol. The Labute approximate surface area is 121 Å². The number of rotatable bonds is 10. The maximum Gasteiger partial charge on any atom is 0.182 e. The normalized spacial score (nSPS) is 11.5. The van der Waals surface area contributed by atoms with Crippen molar-refractivity contribution in [3.05, 3.63) is 11.1 Å². The molecular formula is C14H27N3OS. The number of methoxy groups -OCH3 is 1. The van der Waals surface area contributed by atoms with Gasteiger partial charge in [-0.1, -0.05) is 20.8 Å². The highest BCUT2D eigenvalue weighted by atomic mass is 32.1. The molecule has 1 rings (SSSR count). The van der Waals surface area contributed by atoms with Crippen molar-refractivity contribution >= 4 is 16.5 Å². The van der Waals surface area contributed by atoms with Crippen molar-refractivity contribution in [3.8, 4) is 0 Å². The third kappa shape index (κ3) is 6.89. The van der Waals surface area contributed by atoms with E-state index in [9.17, 15) is 0 Å². The maximum absolute atomic E-state index is 5.18. The van der Waals surface area contributed by atoms with Crippen molar-refractivity contribution in [1.29, 1.82) is 0 Å². The summed E-state index contributed by atoms with van der Waals surface area (Å²) in [6.45, 7) is 11.5. The standard InChI is InChI=1S/C14H27N3OS/c1-5-6-15-14-16-9-13(19-14)11-17(7-8-18-4)10-12(2)3/h9,12H,5-8,10-11H2,1-4H3,(H,15,16). The van der Waals surface area contributed by atoms with E-state index in [2.05, 4.69) is 36.0 Å². The molecule has 0 aliphatic heterocycles. The van der Waals surface area contributed by atoms with E-state index in [1.165, 1.54) is 4.88 Å². The third-order valence-electron chi connectivity index (χ3n) is 2.69. The van der Waals surface area contributed by atoms with E-state index < -0.39 is 0 Å². The summed E-state index contributed by atoms with van der Waals surface area (Å²) in [5.74, 6) is 0.669. The van der Waals surface area contributed by atoms with Gasteiger partial charge in [0.1, 0.15) is 0 Å². The van der Waals surface area contributed by atoms with Gasteiger partial charge in [-0.3, -0.25) is 4.90 Å². The van der Waals surface area contributed by atoms with Crippen LogP contribution in [0.2, 0.25) is 0 Å². The first-order valence-electron chi connectivity index (χ1n) is 7.05. The molecule has 1 aromatic rings. The zero-order valence-electron chi connectivity index (χ0n) is 12.6. The molecule has 19 heavy (non-hydrogen) atoms. The Morgan fingerprint density at radius 1 is 1.47 bits per heavy atom. The molecule has 0 radical (unpaired) electrons. The summed E-state index contributed by atoms with van der Waals surface area (Å²) in [7, 11) is 1.76. The minimum atomic E-state index is 0.669. The van der Waals surface area contributed by atoms with Gasteiger partial charge in [0.25, 0.3) is 0 Å². The van der Waals surface area contributed by atoms with Crippen LogP contribution in [-0.2, 0) is 11.3 Å². The first kappa shape index (κ1) is 16.4. The molecule has 1 aromatic heterocycles. The Morgan fingerprint density at radius 2 is 2.26 bits per heavy atom. The summed E-state index contributed by atoms with van der Waals surface area (Å²) in [5, 5.41) is 4.37. The smallest absolute Gasteiger partial charge is 0.182 e. The molecule has 0 aliphatic rings. The molecule has 0 fully saturated rings. The van der Waals surface area contributed by atoms with Gasteiger partial charge >= 0.3 is 0 Å². The average molecular weight is 285 g/mol. The first-order valence-corrected chi connectivity index (χ1v) is 7.87. The van der Waals surface area contributed by atoms with Gasteiger partial charge in [0.15, 0.2) is 5.13 Å². The maximum atomic E-state index is 5.18. The Hall–Kier alpha value is -0.650. The fourth-order valence-electron chi connectivity index (χ4n) is 1.89. The number of thiazole rings is 1. The average Bonchev–Trinajstić information content (AvgIpc) is 2.80. The van der Waals surface area contributed by atoms with Crippen LogP contribution in [0.5, 0.6) is 0 Å². The number of nitrogens with zero attached hydrogens (tertiary/aromatic N) is 2. The molecule has 0 aromatic carbocycles. The molecule has 0 saturated carbocycles. The number of hydrogen-bond acceptors (Lipinski definition) is 5. The highest BCUT2D eigenvalue weighted by Gasteiger charge is 2.10. The monoisotopic (exact) mass is 285 g/mol. The van der Waals surface area contributed by atoms with Crippen LogP contribution in [0, 0.1) is 5.92 Å². The lowest BCUT2D eigenvalue weighted by molar-refractivity contribution is 0.136. The second-order valence-electron chi connectivity index (χ2n) is 5.18. The minimum Gasteiger partial charge on any atom is -0.383 e. The molecule has 0 bridgehead atoms. The Balaban J connectivity index is 2.49. The molecular weight excluding hydrogens is 258 g/mol. The topological polar surface area (TPSA) is 37.4 Å². The summed E-state index contributed by atoms with van der Waals surface area (Å²) in [6, 6.07) is 0. The highest BCUT2D eigenvalue weighted by molar-refractivity contribution is 7.15. The van der Waals surface area contributed by atoms with Crippen molar-refractivity contribution in [1.82, 2.24) is 9.88 Å². The van der Waals surface area contributed by atoms with Crippen LogP contribution in [0.25, 0.3) is 0 Å². The van der Waals surface area contributed by atoms with Crippen molar-refractivity contribution < 1.29 is 4.74 Å². The first-order chi connectivity index (χ1) is 9.15. The van der Waals surface area contributed by atoms with Gasteiger partial charge in [0, 0.05) is 44.4 Å². The summed E-state index contributed by atoms with van der Waals surface area (Å²) in [5.41, 5.74) is 0. The molecule has 0 unspecified atom stereocenters. The van der Waals surface area contributed by atoms with Gasteiger partial charge in [0.2, 0.25) is 0 Å². The van der Waals surface area contributed by atoms with Crippen molar-refractivity contribution in [2.24, 2.45) is 5.92 Å². The Morgan fingerprint density at radius 3 is 2.89 bits per heavy atom. The van der Waals surface area contributed by atoms with Gasteiger partial charge in [-0.15, -0.1) is 11.3 Å². The molecule has 0 atom stereocenters. The van der Waals surface area contributed by atoms with E-state index >= 15 is 0 Å². The van der Waals surface area contributed by atoms with Crippen LogP contribution in [0.4, 0.5) is 5.13 Å². The number of ether oxygens (including phenoxy) is 1. The van der Waals surface area contributed by atoms with Crippen molar-refractivity contribution in [3.63, 3.8) is 0 Å². The third-order valence-corrected chi connectivity index (χ3v) is 3.63. The van der Waals surface area contributed by atoms with E-state index in [-0.39, 0.29) is 0 Å². The fraction of sp³-hybridized carbons (Fsp3) is 0.786. The van der Waals surface area contributed by atoms with E-state index in [1.54, 1.807) is 18.4 Å². The van der Waals surface area contributed by atoms with E-state index in [0.717, 1.165) is 44.3 Å². The molecule has 0 aliphatic carbocycles. The summed E-state index contributed by atoms with van der Waals surface area (Å²) < 4.78 is 5.18. The second-order valence-corrected chi connectivity index (χ2v) is 6.30. The zero-order chi connectivity index (χ0) is 14.1. The van der Waals surface area contributed by atoms with Gasteiger partial charge in [-0.2, -0.15) is 0 Å². The van der Waals surface area contributed by atoms with E-state index in [4.69, 9.17) is 4.74 Å². The molecule has 110 valence electrons. The molecule has 0 amide bonds. The van der Waals surface area contributed by atoms with Crippen LogP contribution < -0.4 is 5.32 Å². The lowest BCUT2D eigenvalue weighted by atomic mass is 10.2. The van der Waals surface area contributed by atoms with Gasteiger partial charge < -0.3 is 10.1 Å². The van der Waals surface area contributed by atoms with Crippen LogP contribution in [-0.4, -0.2) is 43.2 Å². The highest BCUT2D eigenvalue weighted by Crippen LogP contribution is 2.20. The molecule has 4 nitrogen and oxygen atoms in total. The van der Waals surface area contributed by atoms with Crippen molar-refractivity contribution in [2.45, 2.75) is 33.7 Å². The van der Waals surface area contributed by atoms with Crippen LogP contribution >= 0.6 is 11.3 Å². The zero-order valence-corrected chi connectivity index (χ0v) is 13.4. The van der Waals surface area contributed by atoms with Gasteiger partial charge in [-0.25, -0.2) is 4.98 Å². The van der Waals surface area contributed by atoms with Crippen LogP contribution in [0.1, 0.15) is 32.1 Å². The molecule has 5 heteroatoms. The number of hydrogen-bond donors (Lipinski definition) is 1. The second kappa shape index (κ2) is 9.28. The molecule has 0 spiro atoms. The van der Waals surface area contributed by atoms with E-state index in [1.807, 2.05) is 6.20 Å². The van der Waals surface area contributed by atoms with Gasteiger partial charge in [-0.05, 0) is 12.3 Å². The van der Waals surface area contributed by atoms with Crippen LogP contribution in [0.15, 0.2) is 6.20 Å². The Bertz CT molecular complexity index is 341. The van der Waals surface area contributed by atoms with Crippen molar-refractivity contribution in [2.75, 3.05) is 38.7 Å². The number of anilines is 1. The fourth-order valence-corrected chi connectivity index (χ4v) is 2.77. The summed E-state index contributed by atoms with van der Waals surface area (Å²) >= 11 is 1.76. The van der Waals surface area contributed by atoms with Crippen LogP contribution in [0.3, 0.4) is 0 Å². The minimum absolute atomic E-state index is 0.669. The predicted octanol–water partition coefficient (Wildman–Crippen LogP) is 3.07. The largest absolute Gasteiger partial charge is 0.383 e. The summed E-state index contributed by atoms with van der Waals surface area (Å²) in [6.07, 6.45) is 3.12. The number of nitrogens with one attached hydrogen (secondary N) is 1. The molecule has 1 N–H and O–H groups in total. The molecule has 0 saturated heterocycles. The lowest BCUT2D eigenvalue weighted by Gasteiger charge is -2.22. The van der Waals surface area contributed by atoms with E-state index in [0.29, 0.717) is 5.92 Å². The SMILES string of the molecule is CCCNc1ncc(CN(CCOC)CC(C)C)s1. The Kier molecular flexibility index (Phi) is 8.02. The lowest BCUT2D eigenvalue weighted by Crippen LogP contribution is -2.30. The quantitative estimate of drug-likeness (QED) is 0.717. The summed E-state index contributed by atoms with van der Waals surface area (Å²) in [4.78, 5) is 8.17. The molecule has 1 heterocycles.